The van der Waals surface area contributed by atoms with Gasteiger partial charge < -0.3 is 14.8 Å². The third kappa shape index (κ3) is 2.73. The van der Waals surface area contributed by atoms with E-state index in [1.165, 1.54) is 0 Å². The molecular formula is C12H19N3O2. The molecule has 0 aromatic carbocycles. The Bertz CT molecular complexity index is 389. The molecule has 0 amide bonds. The Kier molecular flexibility index (Phi) is 3.59. The Morgan fingerprint density at radius 3 is 2.88 bits per heavy atom. The predicted molar refractivity (Wildman–Crippen MR) is 65.2 cm³/mol. The molecule has 1 aliphatic rings. The fourth-order valence-electron chi connectivity index (χ4n) is 1.84. The van der Waals surface area contributed by atoms with E-state index in [1.807, 2.05) is 13.8 Å². The predicted octanol–water partition coefficient (Wildman–Crippen LogP) is 1.31. The smallest absolute Gasteiger partial charge is 0.144 e. The van der Waals surface area contributed by atoms with Crippen LogP contribution in [0.3, 0.4) is 0 Å². The second-order valence-electron chi connectivity index (χ2n) is 4.47. The normalized spacial score (nSPS) is 23.9. The number of rotatable bonds is 4. The van der Waals surface area contributed by atoms with Gasteiger partial charge in [-0.1, -0.05) is 0 Å². The molecule has 1 saturated heterocycles. The molecule has 0 aliphatic carbocycles. The largest absolute Gasteiger partial charge is 0.378 e. The van der Waals surface area contributed by atoms with E-state index in [-0.39, 0.29) is 5.60 Å². The molecule has 2 rings (SSSR count). The first kappa shape index (κ1) is 12.3. The topological polar surface area (TPSA) is 56.3 Å². The minimum Gasteiger partial charge on any atom is -0.378 e. The van der Waals surface area contributed by atoms with E-state index in [0.29, 0.717) is 13.2 Å². The van der Waals surface area contributed by atoms with Gasteiger partial charge in [0.05, 0.1) is 24.2 Å². The minimum atomic E-state index is -0.222. The van der Waals surface area contributed by atoms with Crippen LogP contribution in [0.1, 0.15) is 17.8 Å². The Morgan fingerprint density at radius 2 is 2.29 bits per heavy atom. The molecule has 1 fully saturated rings. The Morgan fingerprint density at radius 1 is 1.47 bits per heavy atom. The fourth-order valence-corrected chi connectivity index (χ4v) is 1.84. The first-order valence-electron chi connectivity index (χ1n) is 5.82. The molecular weight excluding hydrogens is 218 g/mol. The van der Waals surface area contributed by atoms with E-state index in [2.05, 4.69) is 15.3 Å². The maximum absolute atomic E-state index is 5.54. The van der Waals surface area contributed by atoms with E-state index >= 15 is 0 Å². The Hall–Kier alpha value is -1.20. The molecule has 1 aromatic heterocycles. The highest BCUT2D eigenvalue weighted by Crippen LogP contribution is 2.22. The highest BCUT2D eigenvalue weighted by molar-refractivity contribution is 5.34. The van der Waals surface area contributed by atoms with Crippen molar-refractivity contribution < 1.29 is 9.47 Å². The molecule has 1 atom stereocenters. The number of hydrogen-bond acceptors (Lipinski definition) is 5. The second-order valence-corrected chi connectivity index (χ2v) is 4.47. The minimum absolute atomic E-state index is 0.222. The van der Waals surface area contributed by atoms with Crippen LogP contribution in [-0.2, 0) is 9.47 Å². The zero-order chi connectivity index (χ0) is 12.3. The van der Waals surface area contributed by atoms with Gasteiger partial charge >= 0.3 is 0 Å². The molecule has 0 radical (unpaired) electrons. The van der Waals surface area contributed by atoms with Crippen LogP contribution >= 0.6 is 0 Å². The maximum atomic E-state index is 5.54. The summed E-state index contributed by atoms with van der Waals surface area (Å²) in [7, 11) is 1.72. The van der Waals surface area contributed by atoms with Crippen molar-refractivity contribution in [3.8, 4) is 0 Å². The van der Waals surface area contributed by atoms with Gasteiger partial charge in [0.1, 0.15) is 11.4 Å². The third-order valence-corrected chi connectivity index (χ3v) is 3.28. The van der Waals surface area contributed by atoms with Gasteiger partial charge in [-0.3, -0.25) is 4.98 Å². The quantitative estimate of drug-likeness (QED) is 0.855. The van der Waals surface area contributed by atoms with Crippen molar-refractivity contribution >= 4 is 5.82 Å². The molecule has 2 heterocycles. The highest BCUT2D eigenvalue weighted by atomic mass is 16.5. The van der Waals surface area contributed by atoms with Crippen molar-refractivity contribution in [3.63, 3.8) is 0 Å². The summed E-state index contributed by atoms with van der Waals surface area (Å²) in [6.07, 6.45) is 2.66. The van der Waals surface area contributed by atoms with E-state index in [4.69, 9.17) is 9.47 Å². The summed E-state index contributed by atoms with van der Waals surface area (Å²) >= 11 is 0. The number of methoxy groups -OCH3 is 1. The standard InChI is InChI=1S/C12H19N3O2/c1-9-10(2)15-11(6-13-9)14-7-12(16-3)4-5-17-8-12/h6H,4-5,7-8H2,1-3H3,(H,14,15). The van der Waals surface area contributed by atoms with Crippen molar-refractivity contribution in [1.82, 2.24) is 9.97 Å². The maximum Gasteiger partial charge on any atom is 0.144 e. The molecule has 17 heavy (non-hydrogen) atoms. The molecule has 1 N–H and O–H groups in total. The lowest BCUT2D eigenvalue weighted by atomic mass is 10.0. The summed E-state index contributed by atoms with van der Waals surface area (Å²) < 4.78 is 10.9. The lowest BCUT2D eigenvalue weighted by molar-refractivity contribution is -0.00625. The van der Waals surface area contributed by atoms with Crippen LogP contribution in [0.4, 0.5) is 5.82 Å². The number of nitrogens with zero attached hydrogens (tertiary/aromatic N) is 2. The van der Waals surface area contributed by atoms with Crippen molar-refractivity contribution in [3.05, 3.63) is 17.6 Å². The molecule has 1 aliphatic heterocycles. The molecule has 5 nitrogen and oxygen atoms in total. The highest BCUT2D eigenvalue weighted by Gasteiger charge is 2.34. The molecule has 0 spiro atoms. The van der Waals surface area contributed by atoms with Crippen molar-refractivity contribution in [2.45, 2.75) is 25.9 Å². The van der Waals surface area contributed by atoms with Gasteiger partial charge in [-0.2, -0.15) is 0 Å². The number of ether oxygens (including phenoxy) is 2. The van der Waals surface area contributed by atoms with Crippen LogP contribution in [0.2, 0.25) is 0 Å². The molecule has 0 bridgehead atoms. The van der Waals surface area contributed by atoms with E-state index < -0.39 is 0 Å². The molecule has 94 valence electrons. The van der Waals surface area contributed by atoms with Gasteiger partial charge in [0.2, 0.25) is 0 Å². The van der Waals surface area contributed by atoms with Gasteiger partial charge in [0, 0.05) is 26.7 Å². The van der Waals surface area contributed by atoms with Crippen LogP contribution in [0.25, 0.3) is 0 Å². The summed E-state index contributed by atoms with van der Waals surface area (Å²) in [6, 6.07) is 0. The molecule has 5 heteroatoms. The van der Waals surface area contributed by atoms with Gasteiger partial charge in [-0.25, -0.2) is 4.98 Å². The molecule has 1 unspecified atom stereocenters. The number of nitrogens with one attached hydrogen (secondary N) is 1. The average Bonchev–Trinajstić information content (AvgIpc) is 2.80. The van der Waals surface area contributed by atoms with Crippen LogP contribution in [-0.4, -0.2) is 42.4 Å². The third-order valence-electron chi connectivity index (χ3n) is 3.28. The van der Waals surface area contributed by atoms with Gasteiger partial charge in [-0.05, 0) is 13.8 Å². The molecule has 1 aromatic rings. The van der Waals surface area contributed by atoms with Gasteiger partial charge in [0.15, 0.2) is 0 Å². The van der Waals surface area contributed by atoms with Crippen LogP contribution in [0.15, 0.2) is 6.20 Å². The summed E-state index contributed by atoms with van der Waals surface area (Å²) in [4.78, 5) is 8.70. The monoisotopic (exact) mass is 237 g/mol. The average molecular weight is 237 g/mol. The van der Waals surface area contributed by atoms with Crippen molar-refractivity contribution in [2.24, 2.45) is 0 Å². The Balaban J connectivity index is 1.99. The molecule has 0 saturated carbocycles. The van der Waals surface area contributed by atoms with Crippen molar-refractivity contribution in [1.29, 1.82) is 0 Å². The first-order valence-corrected chi connectivity index (χ1v) is 5.82. The zero-order valence-corrected chi connectivity index (χ0v) is 10.6. The van der Waals surface area contributed by atoms with E-state index in [9.17, 15) is 0 Å². The van der Waals surface area contributed by atoms with Crippen LogP contribution < -0.4 is 5.32 Å². The fraction of sp³-hybridized carbons (Fsp3) is 0.667. The van der Waals surface area contributed by atoms with Crippen LogP contribution in [0, 0.1) is 13.8 Å². The summed E-state index contributed by atoms with van der Waals surface area (Å²) in [5.74, 6) is 0.788. The lowest BCUT2D eigenvalue weighted by Gasteiger charge is -2.26. The van der Waals surface area contributed by atoms with Gasteiger partial charge in [0.25, 0.3) is 0 Å². The van der Waals surface area contributed by atoms with Crippen molar-refractivity contribution in [2.75, 3.05) is 32.2 Å². The number of anilines is 1. The number of aromatic nitrogens is 2. The Labute approximate surface area is 102 Å². The van der Waals surface area contributed by atoms with Crippen LogP contribution in [0.5, 0.6) is 0 Å². The second kappa shape index (κ2) is 4.98. The van der Waals surface area contributed by atoms with E-state index in [1.54, 1.807) is 13.3 Å². The van der Waals surface area contributed by atoms with E-state index in [0.717, 1.165) is 30.2 Å². The van der Waals surface area contributed by atoms with Gasteiger partial charge in [-0.15, -0.1) is 0 Å². The summed E-state index contributed by atoms with van der Waals surface area (Å²) in [5.41, 5.74) is 1.69. The summed E-state index contributed by atoms with van der Waals surface area (Å²) in [6.45, 7) is 6.00. The summed E-state index contributed by atoms with van der Waals surface area (Å²) in [5, 5.41) is 3.27. The lowest BCUT2D eigenvalue weighted by Crippen LogP contribution is -2.39. The number of hydrogen-bond donors (Lipinski definition) is 1. The zero-order valence-electron chi connectivity index (χ0n) is 10.6. The number of aryl methyl sites for hydroxylation is 2. The SMILES string of the molecule is COC1(CNc2cnc(C)c(C)n2)CCOC1. The first-order chi connectivity index (χ1) is 8.15.